The van der Waals surface area contributed by atoms with Crippen LogP contribution in [0.2, 0.25) is 0 Å². The molecule has 0 saturated carbocycles. The number of aldehydes is 1. The maximum absolute atomic E-state index is 13.0. The van der Waals surface area contributed by atoms with Crippen LogP contribution in [0.3, 0.4) is 0 Å². The van der Waals surface area contributed by atoms with E-state index in [1.807, 2.05) is 6.07 Å². The Kier molecular flexibility index (Phi) is 4.29. The number of ether oxygens (including phenoxy) is 1. The van der Waals surface area contributed by atoms with E-state index in [1.165, 1.54) is 24.3 Å². The predicted molar refractivity (Wildman–Crippen MR) is 103 cm³/mol. The number of hydrogen-bond donors (Lipinski definition) is 1. The zero-order chi connectivity index (χ0) is 19.7. The second-order valence-corrected chi connectivity index (χ2v) is 6.12. The third-order valence-corrected chi connectivity index (χ3v) is 4.36. The average molecular weight is 371 g/mol. The van der Waals surface area contributed by atoms with Crippen molar-refractivity contribution in [2.24, 2.45) is 0 Å². The highest BCUT2D eigenvalue weighted by atomic mass is 16.5. The van der Waals surface area contributed by atoms with Crippen LogP contribution >= 0.6 is 0 Å². The molecule has 1 heterocycles. The number of pyridine rings is 1. The minimum Gasteiger partial charge on any atom is -0.478 e. The molecule has 0 spiro atoms. The van der Waals surface area contributed by atoms with E-state index in [9.17, 15) is 14.4 Å². The van der Waals surface area contributed by atoms with Crippen LogP contribution in [0.5, 0.6) is 5.75 Å². The molecular weight excluding hydrogens is 358 g/mol. The first-order valence-corrected chi connectivity index (χ1v) is 8.40. The van der Waals surface area contributed by atoms with Crippen LogP contribution in [0.15, 0.2) is 66.7 Å². The van der Waals surface area contributed by atoms with Crippen LogP contribution in [-0.4, -0.2) is 28.3 Å². The average Bonchev–Trinajstić information content (AvgIpc) is 2.71. The van der Waals surface area contributed by atoms with Gasteiger partial charge in [0.2, 0.25) is 0 Å². The van der Waals surface area contributed by atoms with E-state index in [4.69, 9.17) is 9.84 Å². The lowest BCUT2D eigenvalue weighted by molar-refractivity contribution is 0.0696. The number of carbonyl (C=O) groups is 3. The van der Waals surface area contributed by atoms with Crippen molar-refractivity contribution < 1.29 is 24.2 Å². The van der Waals surface area contributed by atoms with E-state index >= 15 is 0 Å². The molecule has 1 N–H and O–H groups in total. The molecule has 0 saturated heterocycles. The minimum absolute atomic E-state index is 0.0982. The van der Waals surface area contributed by atoms with Crippen molar-refractivity contribution in [3.63, 3.8) is 0 Å². The first kappa shape index (κ1) is 17.4. The number of para-hydroxylation sites is 1. The molecule has 0 aliphatic rings. The van der Waals surface area contributed by atoms with Crippen LogP contribution in [0.4, 0.5) is 0 Å². The highest BCUT2D eigenvalue weighted by molar-refractivity contribution is 6.15. The van der Waals surface area contributed by atoms with Gasteiger partial charge in [-0.25, -0.2) is 14.6 Å². The summed E-state index contributed by atoms with van der Waals surface area (Å²) in [5.41, 5.74) is 2.00. The predicted octanol–water partition coefficient (Wildman–Crippen LogP) is 4.12. The number of carboxylic acid groups (broad SMARTS) is 1. The van der Waals surface area contributed by atoms with Gasteiger partial charge in [-0.15, -0.1) is 0 Å². The Bertz CT molecular complexity index is 1250. The number of aromatic carboxylic acids is 1. The van der Waals surface area contributed by atoms with Gasteiger partial charge in [0.05, 0.1) is 22.2 Å². The van der Waals surface area contributed by atoms with Crippen molar-refractivity contribution in [2.45, 2.75) is 0 Å². The zero-order valence-electron chi connectivity index (χ0n) is 14.5. The highest BCUT2D eigenvalue weighted by Crippen LogP contribution is 2.28. The third-order valence-electron chi connectivity index (χ3n) is 4.36. The Hall–Kier alpha value is -4.06. The maximum atomic E-state index is 13.0. The lowest BCUT2D eigenvalue weighted by Crippen LogP contribution is -2.11. The number of fused-ring (bicyclic) bond motifs is 2. The fraction of sp³-hybridized carbons (Fsp3) is 0. The van der Waals surface area contributed by atoms with Gasteiger partial charge in [-0.2, -0.15) is 0 Å². The smallest absolute Gasteiger partial charge is 0.344 e. The molecule has 4 rings (SSSR count). The molecule has 0 unspecified atom stereocenters. The molecule has 136 valence electrons. The van der Waals surface area contributed by atoms with Crippen LogP contribution < -0.4 is 4.74 Å². The van der Waals surface area contributed by atoms with Crippen molar-refractivity contribution in [1.29, 1.82) is 0 Å². The second kappa shape index (κ2) is 6.92. The number of hydrogen-bond acceptors (Lipinski definition) is 5. The summed E-state index contributed by atoms with van der Waals surface area (Å²) in [6.45, 7) is 0. The Morgan fingerprint density at radius 2 is 1.61 bits per heavy atom. The van der Waals surface area contributed by atoms with Gasteiger partial charge in [0, 0.05) is 16.3 Å². The number of esters is 1. The number of carboxylic acids is 1. The van der Waals surface area contributed by atoms with Crippen molar-refractivity contribution in [3.05, 3.63) is 83.4 Å². The van der Waals surface area contributed by atoms with Crippen LogP contribution in [0, 0.1) is 0 Å². The van der Waals surface area contributed by atoms with Crippen LogP contribution in [-0.2, 0) is 0 Å². The molecular formula is C22H13NO5. The Morgan fingerprint density at radius 3 is 2.32 bits per heavy atom. The molecule has 3 aromatic carbocycles. The summed E-state index contributed by atoms with van der Waals surface area (Å²) in [5, 5.41) is 10.2. The summed E-state index contributed by atoms with van der Waals surface area (Å²) in [7, 11) is 0. The maximum Gasteiger partial charge on any atom is 0.344 e. The number of carbonyl (C=O) groups excluding carboxylic acids is 2. The normalized spacial score (nSPS) is 10.7. The zero-order valence-corrected chi connectivity index (χ0v) is 14.5. The van der Waals surface area contributed by atoms with E-state index in [-0.39, 0.29) is 11.3 Å². The minimum atomic E-state index is -1.06. The van der Waals surface area contributed by atoms with Gasteiger partial charge in [0.1, 0.15) is 12.0 Å². The summed E-state index contributed by atoms with van der Waals surface area (Å²) in [5.74, 6) is -1.42. The van der Waals surface area contributed by atoms with Crippen LogP contribution in [0.1, 0.15) is 31.1 Å². The first-order valence-electron chi connectivity index (χ1n) is 8.40. The Labute approximate surface area is 159 Å². The molecule has 0 aliphatic carbocycles. The SMILES string of the molecule is O=Cc1ccc2c(C(=O)Oc3ccc(C(=O)O)cc3)c3ccccc3nc2c1. The molecule has 6 nitrogen and oxygen atoms in total. The molecule has 6 heteroatoms. The molecule has 0 amide bonds. The van der Waals surface area contributed by atoms with E-state index < -0.39 is 11.9 Å². The van der Waals surface area contributed by atoms with E-state index in [1.54, 1.807) is 36.4 Å². The van der Waals surface area contributed by atoms with E-state index in [0.29, 0.717) is 32.9 Å². The van der Waals surface area contributed by atoms with Crippen molar-refractivity contribution in [1.82, 2.24) is 4.98 Å². The standard InChI is InChI=1S/C22H13NO5/c24-12-13-5-10-17-19(11-13)23-18-4-2-1-3-16(18)20(17)22(27)28-15-8-6-14(7-9-15)21(25)26/h1-12H,(H,25,26). The molecule has 0 aliphatic heterocycles. The Morgan fingerprint density at radius 1 is 0.893 bits per heavy atom. The quantitative estimate of drug-likeness (QED) is 0.251. The number of nitrogens with zero attached hydrogens (tertiary/aromatic N) is 1. The number of rotatable bonds is 4. The summed E-state index contributed by atoms with van der Waals surface area (Å²) in [6, 6.07) is 17.7. The molecule has 0 bridgehead atoms. The molecule has 0 radical (unpaired) electrons. The summed E-state index contributed by atoms with van der Waals surface area (Å²) < 4.78 is 5.48. The lowest BCUT2D eigenvalue weighted by Gasteiger charge is -2.11. The fourth-order valence-electron chi connectivity index (χ4n) is 3.03. The summed E-state index contributed by atoms with van der Waals surface area (Å²) in [6.07, 6.45) is 0.721. The number of aromatic nitrogens is 1. The summed E-state index contributed by atoms with van der Waals surface area (Å²) >= 11 is 0. The third kappa shape index (κ3) is 3.07. The summed E-state index contributed by atoms with van der Waals surface area (Å²) in [4.78, 5) is 39.6. The molecule has 0 atom stereocenters. The monoisotopic (exact) mass is 371 g/mol. The molecule has 28 heavy (non-hydrogen) atoms. The second-order valence-electron chi connectivity index (χ2n) is 6.12. The number of benzene rings is 3. The van der Waals surface area contributed by atoms with E-state index in [0.717, 1.165) is 6.29 Å². The van der Waals surface area contributed by atoms with Gasteiger partial charge in [-0.3, -0.25) is 4.79 Å². The Balaban J connectivity index is 1.83. The lowest BCUT2D eigenvalue weighted by atomic mass is 10.0. The van der Waals surface area contributed by atoms with Crippen molar-refractivity contribution in [3.8, 4) is 5.75 Å². The van der Waals surface area contributed by atoms with Crippen LogP contribution in [0.25, 0.3) is 21.8 Å². The molecule has 0 fully saturated rings. The largest absolute Gasteiger partial charge is 0.478 e. The van der Waals surface area contributed by atoms with Gasteiger partial charge >= 0.3 is 11.9 Å². The van der Waals surface area contributed by atoms with Gasteiger partial charge in [0.15, 0.2) is 0 Å². The fourth-order valence-corrected chi connectivity index (χ4v) is 3.03. The first-order chi connectivity index (χ1) is 13.6. The highest BCUT2D eigenvalue weighted by Gasteiger charge is 2.18. The van der Waals surface area contributed by atoms with Gasteiger partial charge in [-0.05, 0) is 36.4 Å². The molecule has 1 aromatic heterocycles. The van der Waals surface area contributed by atoms with Crippen molar-refractivity contribution >= 4 is 40.0 Å². The van der Waals surface area contributed by atoms with Gasteiger partial charge < -0.3 is 9.84 Å². The topological polar surface area (TPSA) is 93.6 Å². The molecule has 4 aromatic rings. The van der Waals surface area contributed by atoms with Gasteiger partial charge in [-0.1, -0.05) is 30.3 Å². The van der Waals surface area contributed by atoms with E-state index in [2.05, 4.69) is 4.98 Å². The van der Waals surface area contributed by atoms with Gasteiger partial charge in [0.25, 0.3) is 0 Å². The van der Waals surface area contributed by atoms with Crippen molar-refractivity contribution in [2.75, 3.05) is 0 Å².